The van der Waals surface area contributed by atoms with Gasteiger partial charge in [0.1, 0.15) is 0 Å². The van der Waals surface area contributed by atoms with Crippen molar-refractivity contribution in [2.75, 3.05) is 62.9 Å². The minimum atomic E-state index is -0.0608. The number of methoxy groups -OCH3 is 7. The van der Waals surface area contributed by atoms with E-state index >= 15 is 0 Å². The number of hydrogen-bond donors (Lipinski definition) is 0. The molecule has 192 valence electrons. The molecule has 0 atom stereocenters. The molecule has 1 aliphatic heterocycles. The summed E-state index contributed by atoms with van der Waals surface area (Å²) < 4.78 is 38.8. The van der Waals surface area contributed by atoms with Gasteiger partial charge in [0.05, 0.1) is 55.3 Å². The molecule has 0 fully saturated rings. The molecule has 0 saturated carbocycles. The van der Waals surface area contributed by atoms with Gasteiger partial charge in [-0.25, -0.2) is 0 Å². The van der Waals surface area contributed by atoms with E-state index in [-0.39, 0.29) is 5.78 Å². The molecular formula is C26H35NO8. The monoisotopic (exact) mass is 489 g/mol. The summed E-state index contributed by atoms with van der Waals surface area (Å²) in [4.78, 5) is 15.7. The van der Waals surface area contributed by atoms with E-state index < -0.39 is 0 Å². The standard InChI is InChI=1S/C26H35NO8/c1-15-20(24(33-6)26(35-8)25(34-7)21(15)30-3)18(28)10-12-27-11-9-17-16(14-27)13-19(29-2)23(32-5)22(17)31-4/h13H,9-12,14H2,1-8H3. The van der Waals surface area contributed by atoms with E-state index in [1.807, 2.05) is 13.0 Å². The van der Waals surface area contributed by atoms with Crippen LogP contribution in [0, 0.1) is 6.92 Å². The van der Waals surface area contributed by atoms with E-state index in [9.17, 15) is 4.79 Å². The normalized spacial score (nSPS) is 13.0. The maximum atomic E-state index is 13.4. The van der Waals surface area contributed by atoms with Crippen molar-refractivity contribution in [2.24, 2.45) is 0 Å². The lowest BCUT2D eigenvalue weighted by molar-refractivity contribution is 0.0955. The fraction of sp³-hybridized carbons (Fsp3) is 0.500. The molecule has 1 aliphatic rings. The molecule has 2 aromatic carbocycles. The number of ether oxygens (including phenoxy) is 7. The Hall–Kier alpha value is -3.33. The molecule has 0 bridgehead atoms. The van der Waals surface area contributed by atoms with E-state index in [1.54, 1.807) is 21.3 Å². The van der Waals surface area contributed by atoms with E-state index in [4.69, 9.17) is 33.2 Å². The summed E-state index contributed by atoms with van der Waals surface area (Å²) in [5.41, 5.74) is 3.29. The highest BCUT2D eigenvalue weighted by Gasteiger charge is 2.30. The van der Waals surface area contributed by atoms with Crippen LogP contribution in [0.25, 0.3) is 0 Å². The van der Waals surface area contributed by atoms with Gasteiger partial charge in [0.2, 0.25) is 17.2 Å². The highest BCUT2D eigenvalue weighted by atomic mass is 16.5. The van der Waals surface area contributed by atoms with Crippen molar-refractivity contribution in [1.82, 2.24) is 4.90 Å². The summed E-state index contributed by atoms with van der Waals surface area (Å²) in [6.07, 6.45) is 1.08. The van der Waals surface area contributed by atoms with Gasteiger partial charge in [0, 0.05) is 37.2 Å². The number of carbonyl (C=O) groups excluding carboxylic acids is 1. The van der Waals surface area contributed by atoms with Crippen LogP contribution in [0.15, 0.2) is 6.07 Å². The molecule has 0 amide bonds. The summed E-state index contributed by atoms with van der Waals surface area (Å²) in [7, 11) is 10.9. The van der Waals surface area contributed by atoms with Crippen molar-refractivity contribution in [2.45, 2.75) is 26.3 Å². The number of ketones is 1. The minimum absolute atomic E-state index is 0.0608. The Kier molecular flexibility index (Phi) is 8.56. The number of fused-ring (bicyclic) bond motifs is 1. The maximum absolute atomic E-state index is 13.4. The van der Waals surface area contributed by atoms with Crippen LogP contribution in [0.1, 0.15) is 33.5 Å². The lowest BCUT2D eigenvalue weighted by Gasteiger charge is -2.30. The Balaban J connectivity index is 1.86. The quantitative estimate of drug-likeness (QED) is 0.439. The molecule has 0 radical (unpaired) electrons. The molecule has 35 heavy (non-hydrogen) atoms. The first-order valence-electron chi connectivity index (χ1n) is 11.3. The molecule has 2 aromatic rings. The zero-order valence-electron chi connectivity index (χ0n) is 21.8. The summed E-state index contributed by atoms with van der Waals surface area (Å²) in [5.74, 6) is 3.39. The van der Waals surface area contributed by atoms with Crippen LogP contribution in [0.3, 0.4) is 0 Å². The number of nitrogens with zero attached hydrogens (tertiary/aromatic N) is 1. The third-order valence-corrected chi connectivity index (χ3v) is 6.41. The third-order valence-electron chi connectivity index (χ3n) is 6.41. The van der Waals surface area contributed by atoms with Crippen LogP contribution >= 0.6 is 0 Å². The van der Waals surface area contributed by atoms with Crippen LogP contribution < -0.4 is 33.2 Å². The van der Waals surface area contributed by atoms with Gasteiger partial charge in [0.15, 0.2) is 28.8 Å². The highest BCUT2D eigenvalue weighted by Crippen LogP contribution is 2.49. The Morgan fingerprint density at radius 2 is 1.34 bits per heavy atom. The van der Waals surface area contributed by atoms with Gasteiger partial charge in [-0.15, -0.1) is 0 Å². The Morgan fingerprint density at radius 1 is 0.771 bits per heavy atom. The van der Waals surface area contributed by atoms with Gasteiger partial charge < -0.3 is 33.2 Å². The van der Waals surface area contributed by atoms with E-state index in [0.717, 1.165) is 24.1 Å². The number of carbonyl (C=O) groups is 1. The molecule has 0 N–H and O–H groups in total. The summed E-state index contributed by atoms with van der Waals surface area (Å²) >= 11 is 0. The smallest absolute Gasteiger partial charge is 0.208 e. The Morgan fingerprint density at radius 3 is 1.89 bits per heavy atom. The molecule has 9 heteroatoms. The molecule has 0 saturated heterocycles. The predicted molar refractivity (Wildman–Crippen MR) is 131 cm³/mol. The largest absolute Gasteiger partial charge is 0.493 e. The molecule has 1 heterocycles. The summed E-state index contributed by atoms with van der Waals surface area (Å²) in [5, 5.41) is 0. The van der Waals surface area contributed by atoms with Crippen LogP contribution in [-0.2, 0) is 13.0 Å². The highest BCUT2D eigenvalue weighted by molar-refractivity contribution is 6.02. The van der Waals surface area contributed by atoms with Gasteiger partial charge >= 0.3 is 0 Å². The topological polar surface area (TPSA) is 84.9 Å². The molecular weight excluding hydrogens is 454 g/mol. The second-order valence-corrected chi connectivity index (χ2v) is 8.12. The SMILES string of the molecule is COc1cc2c(c(OC)c1OC)CCN(CCC(=O)c1c(C)c(OC)c(OC)c(OC)c1OC)C2. The van der Waals surface area contributed by atoms with E-state index in [2.05, 4.69) is 4.90 Å². The lowest BCUT2D eigenvalue weighted by Crippen LogP contribution is -2.32. The van der Waals surface area contributed by atoms with Crippen molar-refractivity contribution < 1.29 is 38.0 Å². The van der Waals surface area contributed by atoms with Gasteiger partial charge in [-0.05, 0) is 25.0 Å². The number of Topliss-reactive ketones (excluding diaryl/α,β-unsaturated/α-hetero) is 1. The van der Waals surface area contributed by atoms with Gasteiger partial charge in [-0.2, -0.15) is 0 Å². The number of hydrogen-bond acceptors (Lipinski definition) is 9. The fourth-order valence-electron chi connectivity index (χ4n) is 4.77. The van der Waals surface area contributed by atoms with E-state index in [1.165, 1.54) is 28.4 Å². The molecule has 0 unspecified atom stereocenters. The van der Waals surface area contributed by atoms with Crippen molar-refractivity contribution in [3.05, 3.63) is 28.3 Å². The van der Waals surface area contributed by atoms with Crippen LogP contribution in [0.5, 0.6) is 40.2 Å². The van der Waals surface area contributed by atoms with Gasteiger partial charge in [-0.3, -0.25) is 9.69 Å². The molecule has 9 nitrogen and oxygen atoms in total. The van der Waals surface area contributed by atoms with Crippen molar-refractivity contribution in [1.29, 1.82) is 0 Å². The van der Waals surface area contributed by atoms with E-state index in [0.29, 0.717) is 70.9 Å². The predicted octanol–water partition coefficient (Wildman–Crippen LogP) is 3.69. The van der Waals surface area contributed by atoms with Gasteiger partial charge in [0.25, 0.3) is 0 Å². The Bertz CT molecular complexity index is 1080. The number of benzene rings is 2. The van der Waals surface area contributed by atoms with Crippen LogP contribution in [-0.4, -0.2) is 73.5 Å². The van der Waals surface area contributed by atoms with Crippen molar-refractivity contribution in [3.8, 4) is 40.2 Å². The van der Waals surface area contributed by atoms with Crippen LogP contribution in [0.4, 0.5) is 0 Å². The average molecular weight is 490 g/mol. The molecule has 0 aliphatic carbocycles. The zero-order chi connectivity index (χ0) is 25.7. The average Bonchev–Trinajstić information content (AvgIpc) is 2.88. The van der Waals surface area contributed by atoms with Crippen LogP contribution in [0.2, 0.25) is 0 Å². The lowest BCUT2D eigenvalue weighted by atomic mass is 9.96. The minimum Gasteiger partial charge on any atom is -0.493 e. The first-order valence-corrected chi connectivity index (χ1v) is 11.3. The zero-order valence-corrected chi connectivity index (χ0v) is 21.8. The van der Waals surface area contributed by atoms with Crippen molar-refractivity contribution in [3.63, 3.8) is 0 Å². The summed E-state index contributed by atoms with van der Waals surface area (Å²) in [6, 6.07) is 1.98. The second-order valence-electron chi connectivity index (χ2n) is 8.12. The molecule has 3 rings (SSSR count). The molecule has 0 aromatic heterocycles. The fourth-order valence-corrected chi connectivity index (χ4v) is 4.77. The third kappa shape index (κ3) is 4.77. The van der Waals surface area contributed by atoms with Gasteiger partial charge in [-0.1, -0.05) is 0 Å². The second kappa shape index (κ2) is 11.4. The molecule has 0 spiro atoms. The number of rotatable bonds is 11. The van der Waals surface area contributed by atoms with Crippen molar-refractivity contribution >= 4 is 5.78 Å². The Labute approximate surface area is 206 Å². The summed E-state index contributed by atoms with van der Waals surface area (Å²) in [6.45, 7) is 3.86. The first kappa shape index (κ1) is 26.3. The maximum Gasteiger partial charge on any atom is 0.208 e. The first-order chi connectivity index (χ1) is 16.9.